The third-order valence-corrected chi connectivity index (χ3v) is 3.70. The molecule has 3 N–H and O–H groups in total. The predicted octanol–water partition coefficient (Wildman–Crippen LogP) is 2.88. The fourth-order valence-corrected chi connectivity index (χ4v) is 2.74. The van der Waals surface area contributed by atoms with Gasteiger partial charge in [-0.3, -0.25) is 4.98 Å². The third kappa shape index (κ3) is 2.62. The first-order valence-corrected chi connectivity index (χ1v) is 6.85. The summed E-state index contributed by atoms with van der Waals surface area (Å²) in [5.41, 5.74) is 9.76. The molecular formula is C14H14N4S. The first-order valence-electron chi connectivity index (χ1n) is 6.04. The first-order chi connectivity index (χ1) is 9.24. The molecule has 0 amide bonds. The number of nitrogens with two attached hydrogens (primary N) is 1. The van der Waals surface area contributed by atoms with Gasteiger partial charge >= 0.3 is 0 Å². The second kappa shape index (κ2) is 5.03. The summed E-state index contributed by atoms with van der Waals surface area (Å²) in [7, 11) is 0. The Balaban J connectivity index is 1.92. The van der Waals surface area contributed by atoms with Gasteiger partial charge in [0.2, 0.25) is 0 Å². The van der Waals surface area contributed by atoms with Gasteiger partial charge in [-0.15, -0.1) is 0 Å². The van der Waals surface area contributed by atoms with Crippen LogP contribution in [0.1, 0.15) is 11.3 Å². The molecule has 0 saturated heterocycles. The van der Waals surface area contributed by atoms with Crippen LogP contribution in [-0.2, 0) is 6.54 Å². The molecule has 0 saturated carbocycles. The molecule has 0 aliphatic carbocycles. The quantitative estimate of drug-likeness (QED) is 0.768. The standard InChI is InChI=1S/C14H14N4S/c1-9-2-3-12-13(6-9)18-14(17-12)19-11-4-5-16-10(7-11)8-15/h2-7H,8,15H2,1H3,(H,17,18). The largest absolute Gasteiger partial charge is 0.333 e. The average molecular weight is 270 g/mol. The van der Waals surface area contributed by atoms with E-state index in [0.717, 1.165) is 26.8 Å². The number of imidazole rings is 1. The van der Waals surface area contributed by atoms with E-state index in [1.807, 2.05) is 18.2 Å². The highest BCUT2D eigenvalue weighted by molar-refractivity contribution is 7.99. The summed E-state index contributed by atoms with van der Waals surface area (Å²) in [6.45, 7) is 2.53. The summed E-state index contributed by atoms with van der Waals surface area (Å²) in [5.74, 6) is 0. The van der Waals surface area contributed by atoms with Crippen LogP contribution in [0.2, 0.25) is 0 Å². The van der Waals surface area contributed by atoms with E-state index in [-0.39, 0.29) is 0 Å². The van der Waals surface area contributed by atoms with Crippen LogP contribution in [-0.4, -0.2) is 15.0 Å². The SMILES string of the molecule is Cc1ccc2nc(Sc3ccnc(CN)c3)[nH]c2c1. The molecular weight excluding hydrogens is 256 g/mol. The molecule has 0 aliphatic heterocycles. The number of nitrogens with one attached hydrogen (secondary N) is 1. The van der Waals surface area contributed by atoms with Crippen molar-refractivity contribution in [2.45, 2.75) is 23.5 Å². The molecule has 2 heterocycles. The summed E-state index contributed by atoms with van der Waals surface area (Å²) in [5, 5.41) is 0.884. The Morgan fingerprint density at radius 1 is 1.26 bits per heavy atom. The van der Waals surface area contributed by atoms with Crippen molar-refractivity contribution in [3.8, 4) is 0 Å². The summed E-state index contributed by atoms with van der Waals surface area (Å²) >= 11 is 1.59. The van der Waals surface area contributed by atoms with Crippen LogP contribution >= 0.6 is 11.8 Å². The second-order valence-corrected chi connectivity index (χ2v) is 5.41. The molecule has 0 unspecified atom stereocenters. The van der Waals surface area contributed by atoms with Crippen LogP contribution in [0.3, 0.4) is 0 Å². The molecule has 0 radical (unpaired) electrons. The maximum absolute atomic E-state index is 5.59. The molecule has 0 aliphatic rings. The van der Waals surface area contributed by atoms with Crippen molar-refractivity contribution in [2.75, 3.05) is 0 Å². The summed E-state index contributed by atoms with van der Waals surface area (Å²) in [6.07, 6.45) is 1.78. The van der Waals surface area contributed by atoms with Gasteiger partial charge in [-0.2, -0.15) is 0 Å². The zero-order chi connectivity index (χ0) is 13.2. The van der Waals surface area contributed by atoms with Crippen molar-refractivity contribution in [1.82, 2.24) is 15.0 Å². The van der Waals surface area contributed by atoms with E-state index in [4.69, 9.17) is 5.73 Å². The van der Waals surface area contributed by atoms with E-state index in [0.29, 0.717) is 6.54 Å². The fourth-order valence-electron chi connectivity index (χ4n) is 1.89. The maximum atomic E-state index is 5.59. The van der Waals surface area contributed by atoms with Gasteiger partial charge in [-0.1, -0.05) is 17.8 Å². The lowest BCUT2D eigenvalue weighted by atomic mass is 10.2. The van der Waals surface area contributed by atoms with Crippen LogP contribution in [0.25, 0.3) is 11.0 Å². The van der Waals surface area contributed by atoms with Gasteiger partial charge in [0.1, 0.15) is 0 Å². The molecule has 0 bridgehead atoms. The van der Waals surface area contributed by atoms with E-state index in [2.05, 4.69) is 34.0 Å². The van der Waals surface area contributed by atoms with Gasteiger partial charge in [0.25, 0.3) is 0 Å². The van der Waals surface area contributed by atoms with Gasteiger partial charge in [-0.25, -0.2) is 4.98 Å². The molecule has 0 atom stereocenters. The number of aromatic amines is 1. The molecule has 3 aromatic rings. The Morgan fingerprint density at radius 3 is 3.00 bits per heavy atom. The van der Waals surface area contributed by atoms with Gasteiger partial charge in [0, 0.05) is 17.6 Å². The number of aromatic nitrogens is 3. The number of hydrogen-bond donors (Lipinski definition) is 2. The number of nitrogens with zero attached hydrogens (tertiary/aromatic N) is 2. The molecule has 3 rings (SSSR count). The molecule has 96 valence electrons. The van der Waals surface area contributed by atoms with E-state index >= 15 is 0 Å². The topological polar surface area (TPSA) is 67.6 Å². The fraction of sp³-hybridized carbons (Fsp3) is 0.143. The van der Waals surface area contributed by atoms with E-state index in [1.54, 1.807) is 18.0 Å². The molecule has 5 heteroatoms. The Kier molecular flexibility index (Phi) is 3.23. The van der Waals surface area contributed by atoms with Crippen LogP contribution in [0.15, 0.2) is 46.6 Å². The first kappa shape index (κ1) is 12.2. The summed E-state index contributed by atoms with van der Waals surface area (Å²) in [6, 6.07) is 10.1. The minimum Gasteiger partial charge on any atom is -0.333 e. The zero-order valence-corrected chi connectivity index (χ0v) is 11.4. The van der Waals surface area contributed by atoms with Crippen molar-refractivity contribution < 1.29 is 0 Å². The van der Waals surface area contributed by atoms with E-state index in [1.165, 1.54) is 5.56 Å². The van der Waals surface area contributed by atoms with Gasteiger partial charge < -0.3 is 10.7 Å². The van der Waals surface area contributed by atoms with Crippen molar-refractivity contribution >= 4 is 22.8 Å². The summed E-state index contributed by atoms with van der Waals surface area (Å²) < 4.78 is 0. The predicted molar refractivity (Wildman–Crippen MR) is 77.1 cm³/mol. The highest BCUT2D eigenvalue weighted by Gasteiger charge is 2.05. The lowest BCUT2D eigenvalue weighted by Crippen LogP contribution is -1.98. The highest BCUT2D eigenvalue weighted by atomic mass is 32.2. The molecule has 0 spiro atoms. The number of pyridine rings is 1. The van der Waals surface area contributed by atoms with E-state index < -0.39 is 0 Å². The van der Waals surface area contributed by atoms with Crippen LogP contribution in [0, 0.1) is 6.92 Å². The Morgan fingerprint density at radius 2 is 2.16 bits per heavy atom. The Labute approximate surface area is 115 Å². The van der Waals surface area contributed by atoms with Crippen molar-refractivity contribution in [1.29, 1.82) is 0 Å². The van der Waals surface area contributed by atoms with Crippen LogP contribution in [0.4, 0.5) is 0 Å². The van der Waals surface area contributed by atoms with Crippen LogP contribution in [0.5, 0.6) is 0 Å². The Bertz CT molecular complexity index is 720. The summed E-state index contributed by atoms with van der Waals surface area (Å²) in [4.78, 5) is 13.2. The minimum atomic E-state index is 0.452. The number of rotatable bonds is 3. The molecule has 19 heavy (non-hydrogen) atoms. The second-order valence-electron chi connectivity index (χ2n) is 4.35. The molecule has 1 aromatic carbocycles. The monoisotopic (exact) mass is 270 g/mol. The molecule has 4 nitrogen and oxygen atoms in total. The van der Waals surface area contributed by atoms with Gasteiger partial charge in [0.05, 0.1) is 16.7 Å². The van der Waals surface area contributed by atoms with Crippen molar-refractivity contribution in [3.63, 3.8) is 0 Å². The maximum Gasteiger partial charge on any atom is 0.171 e. The Hall–Kier alpha value is -1.85. The number of hydrogen-bond acceptors (Lipinski definition) is 4. The normalized spacial score (nSPS) is 11.1. The number of aryl methyl sites for hydroxylation is 1. The average Bonchev–Trinajstić information content (AvgIpc) is 2.80. The number of benzene rings is 1. The smallest absolute Gasteiger partial charge is 0.171 e. The third-order valence-electron chi connectivity index (χ3n) is 2.83. The highest BCUT2D eigenvalue weighted by Crippen LogP contribution is 2.27. The van der Waals surface area contributed by atoms with Gasteiger partial charge in [-0.05, 0) is 36.8 Å². The number of H-pyrrole nitrogens is 1. The molecule has 2 aromatic heterocycles. The molecule has 0 fully saturated rings. The van der Waals surface area contributed by atoms with Crippen molar-refractivity contribution in [2.24, 2.45) is 5.73 Å². The van der Waals surface area contributed by atoms with Gasteiger partial charge in [0.15, 0.2) is 5.16 Å². The lowest BCUT2D eigenvalue weighted by Gasteiger charge is -1.99. The number of fused-ring (bicyclic) bond motifs is 1. The minimum absolute atomic E-state index is 0.452. The lowest BCUT2D eigenvalue weighted by molar-refractivity contribution is 0.975. The van der Waals surface area contributed by atoms with Crippen LogP contribution < -0.4 is 5.73 Å². The zero-order valence-electron chi connectivity index (χ0n) is 10.6. The van der Waals surface area contributed by atoms with Crippen molar-refractivity contribution in [3.05, 3.63) is 47.8 Å². The van der Waals surface area contributed by atoms with E-state index in [9.17, 15) is 0 Å².